The van der Waals surface area contributed by atoms with Gasteiger partial charge in [-0.2, -0.15) is 0 Å². The molecule has 2 rings (SSSR count). The van der Waals surface area contributed by atoms with Crippen LogP contribution in [0.3, 0.4) is 0 Å². The topological polar surface area (TPSA) is 75.4 Å². The van der Waals surface area contributed by atoms with Crippen LogP contribution in [0.1, 0.15) is 65.0 Å². The number of hydrogen-bond acceptors (Lipinski definition) is 5. The van der Waals surface area contributed by atoms with Gasteiger partial charge in [0, 0.05) is 26.2 Å². The first-order valence-corrected chi connectivity index (χ1v) is 12.1. The molecule has 0 spiro atoms. The van der Waals surface area contributed by atoms with Gasteiger partial charge in [0.1, 0.15) is 0 Å². The van der Waals surface area contributed by atoms with E-state index >= 15 is 0 Å². The van der Waals surface area contributed by atoms with Gasteiger partial charge in [-0.3, -0.25) is 4.90 Å². The number of rotatable bonds is 11. The lowest BCUT2D eigenvalue weighted by molar-refractivity contribution is 0.114. The highest BCUT2D eigenvalue weighted by atomic mass is 32.2. The molecule has 0 amide bonds. The Kier molecular flexibility index (Phi) is 8.76. The van der Waals surface area contributed by atoms with Gasteiger partial charge in [0.2, 0.25) is 15.0 Å². The van der Waals surface area contributed by atoms with Gasteiger partial charge in [0.05, 0.1) is 17.6 Å². The zero-order valence-electron chi connectivity index (χ0n) is 17.2. The fraction of sp³-hybridized carbons (Fsp3) is 0.850. The van der Waals surface area contributed by atoms with Crippen LogP contribution in [0.4, 0.5) is 0 Å². The summed E-state index contributed by atoms with van der Waals surface area (Å²) in [5, 5.41) is 9.70. The minimum Gasteiger partial charge on any atom is -0.396 e. The van der Waals surface area contributed by atoms with Crippen LogP contribution in [0.25, 0.3) is 0 Å². The van der Waals surface area contributed by atoms with Gasteiger partial charge < -0.3 is 9.67 Å². The summed E-state index contributed by atoms with van der Waals surface area (Å²) in [6.45, 7) is 9.83. The predicted molar refractivity (Wildman–Crippen MR) is 108 cm³/mol. The number of piperidine rings is 1. The number of imidazole rings is 1. The number of hydrogen-bond donors (Lipinski definition) is 1. The average molecular weight is 400 g/mol. The second kappa shape index (κ2) is 10.6. The Bertz CT molecular complexity index is 670. The van der Waals surface area contributed by atoms with E-state index in [1.54, 1.807) is 6.20 Å². The summed E-state index contributed by atoms with van der Waals surface area (Å²) in [4.78, 5) is 6.66. The van der Waals surface area contributed by atoms with Crippen LogP contribution < -0.4 is 0 Å². The number of nitrogens with zero attached hydrogens (tertiary/aromatic N) is 3. The number of sulfone groups is 1. The third-order valence-electron chi connectivity index (χ3n) is 5.36. The summed E-state index contributed by atoms with van der Waals surface area (Å²) >= 11 is 0. The molecular formula is C20H37N3O3S. The molecule has 0 aromatic carbocycles. The van der Waals surface area contributed by atoms with Crippen molar-refractivity contribution in [3.05, 3.63) is 11.9 Å². The molecule has 1 N–H and O–H groups in total. The van der Waals surface area contributed by atoms with E-state index in [-0.39, 0.29) is 17.5 Å². The van der Waals surface area contributed by atoms with E-state index in [0.717, 1.165) is 50.9 Å². The monoisotopic (exact) mass is 399 g/mol. The van der Waals surface area contributed by atoms with Gasteiger partial charge in [-0.05, 0) is 50.5 Å². The minimum atomic E-state index is -3.36. The average Bonchev–Trinajstić information content (AvgIpc) is 3.03. The van der Waals surface area contributed by atoms with E-state index in [2.05, 4.69) is 30.7 Å². The number of aliphatic hydroxyl groups excluding tert-OH is 1. The van der Waals surface area contributed by atoms with Gasteiger partial charge in [-0.1, -0.05) is 27.2 Å². The first kappa shape index (κ1) is 22.4. The van der Waals surface area contributed by atoms with Crippen LogP contribution in [0.2, 0.25) is 0 Å². The van der Waals surface area contributed by atoms with Crippen molar-refractivity contribution < 1.29 is 13.5 Å². The number of aromatic nitrogens is 2. The third kappa shape index (κ3) is 6.57. The molecule has 156 valence electrons. The molecule has 1 saturated heterocycles. The van der Waals surface area contributed by atoms with E-state index in [1.165, 1.54) is 0 Å². The van der Waals surface area contributed by atoms with E-state index < -0.39 is 9.84 Å². The van der Waals surface area contributed by atoms with Crippen molar-refractivity contribution in [1.82, 2.24) is 14.5 Å². The van der Waals surface area contributed by atoms with Gasteiger partial charge in [0.15, 0.2) is 0 Å². The lowest BCUT2D eigenvalue weighted by atomic mass is 9.99. The third-order valence-corrected chi connectivity index (χ3v) is 7.06. The van der Waals surface area contributed by atoms with Crippen molar-refractivity contribution in [2.45, 2.75) is 77.5 Å². The SMILES string of the molecule is CCCCn1c(CN2CCCC(CO)C2)cnc1S(=O)(=O)CCCC(C)C. The Balaban J connectivity index is 2.15. The Morgan fingerprint density at radius 1 is 1.33 bits per heavy atom. The molecule has 1 unspecified atom stereocenters. The Hall–Kier alpha value is -0.920. The Labute approximate surface area is 164 Å². The molecule has 0 bridgehead atoms. The zero-order valence-corrected chi connectivity index (χ0v) is 18.0. The van der Waals surface area contributed by atoms with Crippen molar-refractivity contribution in [2.24, 2.45) is 11.8 Å². The molecular weight excluding hydrogens is 362 g/mol. The molecule has 1 aliphatic heterocycles. The summed E-state index contributed by atoms with van der Waals surface area (Å²) in [5.74, 6) is 1.00. The number of likely N-dealkylation sites (tertiary alicyclic amines) is 1. The Morgan fingerprint density at radius 3 is 2.78 bits per heavy atom. The van der Waals surface area contributed by atoms with Crippen LogP contribution in [0.5, 0.6) is 0 Å². The van der Waals surface area contributed by atoms with Gasteiger partial charge in [-0.25, -0.2) is 13.4 Å². The second-order valence-corrected chi connectivity index (χ2v) is 10.3. The fourth-order valence-electron chi connectivity index (χ4n) is 3.77. The van der Waals surface area contributed by atoms with Crippen LogP contribution in [-0.4, -0.2) is 53.4 Å². The summed E-state index contributed by atoms with van der Waals surface area (Å²) in [5.41, 5.74) is 0.976. The van der Waals surface area contributed by atoms with Crippen LogP contribution in [0.15, 0.2) is 11.4 Å². The first-order valence-electron chi connectivity index (χ1n) is 10.5. The van der Waals surface area contributed by atoms with Crippen molar-refractivity contribution in [2.75, 3.05) is 25.4 Å². The highest BCUT2D eigenvalue weighted by Gasteiger charge is 2.25. The standard InChI is InChI=1S/C20H37N3O3S/c1-4-5-11-23-19(15-22-10-6-9-18(14-22)16-24)13-21-20(23)27(25,26)12-7-8-17(2)3/h13,17-18,24H,4-12,14-16H2,1-3H3. The molecule has 7 heteroatoms. The molecule has 6 nitrogen and oxygen atoms in total. The summed E-state index contributed by atoms with van der Waals surface area (Å²) in [6, 6.07) is 0. The highest BCUT2D eigenvalue weighted by molar-refractivity contribution is 7.91. The smallest absolute Gasteiger partial charge is 0.227 e. The first-order chi connectivity index (χ1) is 12.9. The van der Waals surface area contributed by atoms with Gasteiger partial charge >= 0.3 is 0 Å². The molecule has 1 aromatic rings. The maximum absolute atomic E-state index is 12.9. The molecule has 0 saturated carbocycles. The molecule has 0 radical (unpaired) electrons. The van der Waals surface area contributed by atoms with Gasteiger partial charge in [-0.15, -0.1) is 0 Å². The summed E-state index contributed by atoms with van der Waals surface area (Å²) < 4.78 is 27.7. The normalized spacial score (nSPS) is 19.1. The van der Waals surface area contributed by atoms with E-state index in [9.17, 15) is 13.5 Å². The van der Waals surface area contributed by atoms with Crippen molar-refractivity contribution >= 4 is 9.84 Å². The molecule has 2 heterocycles. The van der Waals surface area contributed by atoms with Crippen molar-refractivity contribution in [1.29, 1.82) is 0 Å². The van der Waals surface area contributed by atoms with Crippen molar-refractivity contribution in [3.8, 4) is 0 Å². The second-order valence-electron chi connectivity index (χ2n) is 8.32. The molecule has 1 aliphatic rings. The fourth-order valence-corrected chi connectivity index (χ4v) is 5.25. The van der Waals surface area contributed by atoms with E-state index in [1.807, 2.05) is 4.57 Å². The van der Waals surface area contributed by atoms with Crippen LogP contribution in [-0.2, 0) is 22.9 Å². The number of unbranched alkanes of at least 4 members (excludes halogenated alkanes) is 1. The van der Waals surface area contributed by atoms with Gasteiger partial charge in [0.25, 0.3) is 0 Å². The minimum absolute atomic E-state index is 0.171. The maximum atomic E-state index is 12.9. The van der Waals surface area contributed by atoms with E-state index in [0.29, 0.717) is 31.3 Å². The molecule has 27 heavy (non-hydrogen) atoms. The van der Waals surface area contributed by atoms with Crippen molar-refractivity contribution in [3.63, 3.8) is 0 Å². The molecule has 1 fully saturated rings. The largest absolute Gasteiger partial charge is 0.396 e. The quantitative estimate of drug-likeness (QED) is 0.619. The van der Waals surface area contributed by atoms with E-state index in [4.69, 9.17) is 0 Å². The predicted octanol–water partition coefficient (Wildman–Crippen LogP) is 3.10. The van der Waals surface area contributed by atoms with Crippen LogP contribution >= 0.6 is 0 Å². The number of aliphatic hydroxyl groups is 1. The maximum Gasteiger partial charge on any atom is 0.227 e. The lowest BCUT2D eigenvalue weighted by Gasteiger charge is -2.31. The summed E-state index contributed by atoms with van der Waals surface area (Å²) in [6.07, 6.45) is 7.44. The Morgan fingerprint density at radius 2 is 2.11 bits per heavy atom. The zero-order chi connectivity index (χ0) is 19.9. The molecule has 0 aliphatic carbocycles. The lowest BCUT2D eigenvalue weighted by Crippen LogP contribution is -2.36. The molecule has 1 aromatic heterocycles. The highest BCUT2D eigenvalue weighted by Crippen LogP contribution is 2.21. The van der Waals surface area contributed by atoms with Crippen LogP contribution in [0, 0.1) is 11.8 Å². The molecule has 1 atom stereocenters. The summed E-state index contributed by atoms with van der Waals surface area (Å²) in [7, 11) is -3.36.